The van der Waals surface area contributed by atoms with Gasteiger partial charge in [-0.1, -0.05) is 66.2 Å². The second-order valence-corrected chi connectivity index (χ2v) is 8.61. The van der Waals surface area contributed by atoms with E-state index < -0.39 is 0 Å². The molecule has 3 nitrogen and oxygen atoms in total. The average molecular weight is 452 g/mol. The van der Waals surface area contributed by atoms with Crippen molar-refractivity contribution < 1.29 is 9.47 Å². The van der Waals surface area contributed by atoms with Crippen LogP contribution in [-0.4, -0.2) is 6.61 Å². The summed E-state index contributed by atoms with van der Waals surface area (Å²) in [6, 6.07) is 25.5. The van der Waals surface area contributed by atoms with E-state index in [1.54, 1.807) is 0 Å². The highest BCUT2D eigenvalue weighted by Gasteiger charge is 2.14. The van der Waals surface area contributed by atoms with E-state index in [4.69, 9.17) is 9.47 Å². The van der Waals surface area contributed by atoms with Crippen molar-refractivity contribution in [1.29, 1.82) is 0 Å². The highest BCUT2D eigenvalue weighted by molar-refractivity contribution is 5.85. The number of aryl methyl sites for hydroxylation is 2. The number of ether oxygens (including phenoxy) is 2. The second-order valence-electron chi connectivity index (χ2n) is 8.61. The first-order chi connectivity index (χ1) is 16.6. The van der Waals surface area contributed by atoms with Gasteiger partial charge in [0.25, 0.3) is 0 Å². The van der Waals surface area contributed by atoms with Crippen LogP contribution in [0.4, 0.5) is 5.69 Å². The minimum atomic E-state index is 0.478. The van der Waals surface area contributed by atoms with Crippen molar-refractivity contribution in [2.75, 3.05) is 11.9 Å². The summed E-state index contributed by atoms with van der Waals surface area (Å²) in [7, 11) is 0. The monoisotopic (exact) mass is 451 g/mol. The number of hydrogen-bond acceptors (Lipinski definition) is 3. The van der Waals surface area contributed by atoms with E-state index in [2.05, 4.69) is 98.5 Å². The highest BCUT2D eigenvalue weighted by atomic mass is 16.5. The van der Waals surface area contributed by atoms with Crippen molar-refractivity contribution in [2.24, 2.45) is 0 Å². The number of allylic oxidation sites excluding steroid dienone is 1. The molecule has 4 rings (SSSR count). The predicted octanol–water partition coefficient (Wildman–Crippen LogP) is 7.77. The normalized spacial score (nSPS) is 10.8. The van der Waals surface area contributed by atoms with Gasteiger partial charge in [0.15, 0.2) is 11.5 Å². The van der Waals surface area contributed by atoms with Gasteiger partial charge >= 0.3 is 0 Å². The van der Waals surface area contributed by atoms with Gasteiger partial charge in [0.2, 0.25) is 0 Å². The van der Waals surface area contributed by atoms with Crippen molar-refractivity contribution in [3.8, 4) is 11.5 Å². The van der Waals surface area contributed by atoms with Gasteiger partial charge in [-0.2, -0.15) is 0 Å². The molecule has 174 valence electrons. The van der Waals surface area contributed by atoms with Crippen molar-refractivity contribution >= 4 is 16.5 Å². The SMILES string of the molecule is C=CCc1cc(CNc2ccc(C)cc2C)cc(OCC)c1OCc1cccc2ccccc12. The summed E-state index contributed by atoms with van der Waals surface area (Å²) in [6.45, 7) is 12.0. The molecular weight excluding hydrogens is 418 g/mol. The summed E-state index contributed by atoms with van der Waals surface area (Å²) in [5.74, 6) is 1.57. The summed E-state index contributed by atoms with van der Waals surface area (Å²) in [5.41, 5.74) is 7.04. The lowest BCUT2D eigenvalue weighted by molar-refractivity contribution is 0.267. The molecule has 0 amide bonds. The van der Waals surface area contributed by atoms with Crippen LogP contribution < -0.4 is 14.8 Å². The van der Waals surface area contributed by atoms with Crippen molar-refractivity contribution in [3.63, 3.8) is 0 Å². The Morgan fingerprint density at radius 2 is 1.71 bits per heavy atom. The maximum Gasteiger partial charge on any atom is 0.165 e. The van der Waals surface area contributed by atoms with Crippen LogP contribution in [0.25, 0.3) is 10.8 Å². The molecule has 0 fully saturated rings. The third kappa shape index (κ3) is 5.43. The fourth-order valence-corrected chi connectivity index (χ4v) is 4.34. The quantitative estimate of drug-likeness (QED) is 0.250. The summed E-state index contributed by atoms with van der Waals surface area (Å²) in [4.78, 5) is 0. The van der Waals surface area contributed by atoms with E-state index in [0.29, 0.717) is 26.2 Å². The number of anilines is 1. The van der Waals surface area contributed by atoms with Crippen molar-refractivity contribution in [1.82, 2.24) is 0 Å². The predicted molar refractivity (Wildman–Crippen MR) is 143 cm³/mol. The Hall–Kier alpha value is -3.72. The minimum Gasteiger partial charge on any atom is -0.490 e. The van der Waals surface area contributed by atoms with Crippen LogP contribution in [0.2, 0.25) is 0 Å². The zero-order valence-corrected chi connectivity index (χ0v) is 20.4. The zero-order valence-electron chi connectivity index (χ0n) is 20.4. The van der Waals surface area contributed by atoms with Gasteiger partial charge in [0.1, 0.15) is 6.61 Å². The molecule has 4 aromatic rings. The van der Waals surface area contributed by atoms with Crippen LogP contribution in [0.3, 0.4) is 0 Å². The Bertz CT molecular complexity index is 1290. The number of fused-ring (bicyclic) bond motifs is 1. The molecule has 0 aliphatic heterocycles. The smallest absolute Gasteiger partial charge is 0.165 e. The Morgan fingerprint density at radius 1 is 0.882 bits per heavy atom. The number of rotatable bonds is 10. The van der Waals surface area contributed by atoms with Gasteiger partial charge < -0.3 is 14.8 Å². The lowest BCUT2D eigenvalue weighted by Crippen LogP contribution is -2.06. The summed E-state index contributed by atoms with van der Waals surface area (Å²) in [6.07, 6.45) is 2.62. The molecule has 0 aromatic heterocycles. The van der Waals surface area contributed by atoms with E-state index in [1.165, 1.54) is 21.9 Å². The number of hydrogen-bond donors (Lipinski definition) is 1. The third-order valence-corrected chi connectivity index (χ3v) is 5.97. The summed E-state index contributed by atoms with van der Waals surface area (Å²) >= 11 is 0. The Morgan fingerprint density at radius 3 is 2.50 bits per heavy atom. The summed E-state index contributed by atoms with van der Waals surface area (Å²) < 4.78 is 12.5. The van der Waals surface area contributed by atoms with Gasteiger partial charge in [0.05, 0.1) is 6.61 Å². The molecule has 0 bridgehead atoms. The molecular formula is C31H33NO2. The molecule has 0 radical (unpaired) electrons. The van der Waals surface area contributed by atoms with Crippen LogP contribution >= 0.6 is 0 Å². The molecule has 0 aliphatic carbocycles. The van der Waals surface area contributed by atoms with E-state index in [1.807, 2.05) is 13.0 Å². The maximum absolute atomic E-state index is 6.42. The maximum atomic E-state index is 6.42. The van der Waals surface area contributed by atoms with E-state index >= 15 is 0 Å². The van der Waals surface area contributed by atoms with E-state index in [-0.39, 0.29) is 0 Å². The highest BCUT2D eigenvalue weighted by Crippen LogP contribution is 2.35. The number of benzene rings is 4. The summed E-state index contributed by atoms with van der Waals surface area (Å²) in [5, 5.41) is 6.00. The van der Waals surface area contributed by atoms with Gasteiger partial charge in [-0.3, -0.25) is 0 Å². The first kappa shape index (κ1) is 23.4. The minimum absolute atomic E-state index is 0.478. The van der Waals surface area contributed by atoms with Gasteiger partial charge in [-0.25, -0.2) is 0 Å². The molecule has 0 saturated carbocycles. The van der Waals surface area contributed by atoms with Crippen LogP contribution in [-0.2, 0) is 19.6 Å². The first-order valence-electron chi connectivity index (χ1n) is 11.9. The van der Waals surface area contributed by atoms with Gasteiger partial charge in [0, 0.05) is 17.8 Å². The largest absolute Gasteiger partial charge is 0.490 e. The van der Waals surface area contributed by atoms with Crippen LogP contribution in [0, 0.1) is 13.8 Å². The molecule has 4 aromatic carbocycles. The molecule has 34 heavy (non-hydrogen) atoms. The van der Waals surface area contributed by atoms with Gasteiger partial charge in [-0.05, 0) is 72.9 Å². The van der Waals surface area contributed by atoms with Crippen molar-refractivity contribution in [3.05, 3.63) is 113 Å². The molecule has 3 heteroatoms. The molecule has 0 unspecified atom stereocenters. The van der Waals surface area contributed by atoms with Crippen molar-refractivity contribution in [2.45, 2.75) is 40.3 Å². The number of nitrogens with one attached hydrogen (secondary N) is 1. The first-order valence-corrected chi connectivity index (χ1v) is 11.9. The lowest BCUT2D eigenvalue weighted by atomic mass is 10.0. The standard InChI is InChI=1S/C31H33NO2/c1-5-10-26-18-24(20-32-29-16-15-22(3)17-23(29)4)19-30(33-6-2)31(26)34-21-27-13-9-12-25-11-7-8-14-28(25)27/h5,7-9,11-19,32H,1,6,10,20-21H2,2-4H3. The molecule has 0 heterocycles. The fourth-order valence-electron chi connectivity index (χ4n) is 4.34. The van der Waals surface area contributed by atoms with E-state index in [0.717, 1.165) is 33.9 Å². The molecule has 0 atom stereocenters. The van der Waals surface area contributed by atoms with E-state index in [9.17, 15) is 0 Å². The van der Waals surface area contributed by atoms with Crippen LogP contribution in [0.1, 0.15) is 34.7 Å². The third-order valence-electron chi connectivity index (χ3n) is 5.97. The lowest BCUT2D eigenvalue weighted by Gasteiger charge is -2.19. The average Bonchev–Trinajstić information content (AvgIpc) is 2.83. The van der Waals surface area contributed by atoms with Gasteiger partial charge in [-0.15, -0.1) is 6.58 Å². The fraction of sp³-hybridized carbons (Fsp3) is 0.226. The Balaban J connectivity index is 1.61. The van der Waals surface area contributed by atoms with Crippen LogP contribution in [0.15, 0.2) is 85.5 Å². The Labute approximate surface area is 203 Å². The zero-order chi connectivity index (χ0) is 23.9. The van der Waals surface area contributed by atoms with Crippen LogP contribution in [0.5, 0.6) is 11.5 Å². The molecule has 1 N–H and O–H groups in total. The second kappa shape index (κ2) is 10.9. The Kier molecular flexibility index (Phi) is 7.54. The molecule has 0 spiro atoms. The molecule has 0 aliphatic rings. The topological polar surface area (TPSA) is 30.5 Å². The molecule has 0 saturated heterocycles.